The van der Waals surface area contributed by atoms with Gasteiger partial charge in [-0.15, -0.1) is 0 Å². The fourth-order valence-electron chi connectivity index (χ4n) is 2.13. The highest BCUT2D eigenvalue weighted by Gasteiger charge is 2.17. The van der Waals surface area contributed by atoms with Crippen molar-refractivity contribution in [3.05, 3.63) is 46.3 Å². The van der Waals surface area contributed by atoms with E-state index >= 15 is 0 Å². The van der Waals surface area contributed by atoms with Crippen molar-refractivity contribution >= 4 is 0 Å². The summed E-state index contributed by atoms with van der Waals surface area (Å²) in [6, 6.07) is 2.71. The maximum absolute atomic E-state index is 14.2. The summed E-state index contributed by atoms with van der Waals surface area (Å²) < 4.78 is 29.8. The quantitative estimate of drug-likeness (QED) is 0.931. The number of nitrogens with one attached hydrogen (secondary N) is 1. The average Bonchev–Trinajstić information content (AvgIpc) is 2.64. The van der Waals surface area contributed by atoms with Gasteiger partial charge >= 0.3 is 0 Å². The van der Waals surface area contributed by atoms with Crippen LogP contribution in [-0.4, -0.2) is 16.3 Å². The summed E-state index contributed by atoms with van der Waals surface area (Å²) in [5.41, 5.74) is 2.95. The van der Waals surface area contributed by atoms with E-state index in [1.807, 2.05) is 20.8 Å². The van der Waals surface area contributed by atoms with E-state index in [0.717, 1.165) is 23.5 Å². The minimum atomic E-state index is -0.594. The molecule has 0 amide bonds. The molecule has 3 nitrogen and oxygen atoms in total. The van der Waals surface area contributed by atoms with E-state index in [-0.39, 0.29) is 5.69 Å². The zero-order chi connectivity index (χ0) is 14.9. The summed E-state index contributed by atoms with van der Waals surface area (Å²) in [5, 5.41) is 7.26. The van der Waals surface area contributed by atoms with Gasteiger partial charge in [-0.05, 0) is 50.6 Å². The highest BCUT2D eigenvalue weighted by atomic mass is 19.1. The molecule has 0 aliphatic heterocycles. The van der Waals surface area contributed by atoms with Crippen LogP contribution in [0.2, 0.25) is 0 Å². The van der Waals surface area contributed by atoms with E-state index in [4.69, 9.17) is 0 Å². The lowest BCUT2D eigenvalue weighted by atomic mass is 10.1. The Bertz CT molecular complexity index is 609. The van der Waals surface area contributed by atoms with Crippen LogP contribution in [0.25, 0.3) is 5.69 Å². The fourth-order valence-corrected chi connectivity index (χ4v) is 2.13. The highest BCUT2D eigenvalue weighted by Crippen LogP contribution is 2.23. The molecule has 20 heavy (non-hydrogen) atoms. The predicted octanol–water partition coefficient (Wildman–Crippen LogP) is 3.19. The van der Waals surface area contributed by atoms with Crippen LogP contribution in [0.5, 0.6) is 0 Å². The lowest BCUT2D eigenvalue weighted by molar-refractivity contribution is 0.551. The molecule has 0 aliphatic rings. The van der Waals surface area contributed by atoms with Crippen LogP contribution in [-0.2, 0) is 6.54 Å². The SMILES string of the molecule is CCNCc1cc(F)c(-n2nc(C)c(C)c2C)c(F)c1. The second-order valence-electron chi connectivity index (χ2n) is 4.90. The minimum Gasteiger partial charge on any atom is -0.313 e. The zero-order valence-corrected chi connectivity index (χ0v) is 12.2. The summed E-state index contributed by atoms with van der Waals surface area (Å²) >= 11 is 0. The van der Waals surface area contributed by atoms with Crippen molar-refractivity contribution in [3.8, 4) is 5.69 Å². The Morgan fingerprint density at radius 2 is 1.75 bits per heavy atom. The van der Waals surface area contributed by atoms with Crippen LogP contribution in [0.3, 0.4) is 0 Å². The molecule has 0 radical (unpaired) electrons. The Morgan fingerprint density at radius 1 is 1.15 bits per heavy atom. The molecule has 0 fully saturated rings. The minimum absolute atomic E-state index is 0.112. The topological polar surface area (TPSA) is 29.9 Å². The Morgan fingerprint density at radius 3 is 2.20 bits per heavy atom. The van der Waals surface area contributed by atoms with E-state index in [9.17, 15) is 8.78 Å². The molecule has 0 aliphatic carbocycles. The molecule has 0 atom stereocenters. The summed E-state index contributed by atoms with van der Waals surface area (Å²) in [7, 11) is 0. The number of nitrogens with zero attached hydrogens (tertiary/aromatic N) is 2. The summed E-state index contributed by atoms with van der Waals surface area (Å²) in [6.45, 7) is 8.67. The second-order valence-corrected chi connectivity index (χ2v) is 4.90. The summed E-state index contributed by atoms with van der Waals surface area (Å²) in [6.07, 6.45) is 0. The highest BCUT2D eigenvalue weighted by molar-refractivity contribution is 5.41. The first-order valence-electron chi connectivity index (χ1n) is 6.67. The molecule has 1 aromatic heterocycles. The van der Waals surface area contributed by atoms with Crippen LogP contribution in [0.1, 0.15) is 29.4 Å². The van der Waals surface area contributed by atoms with Gasteiger partial charge in [0.05, 0.1) is 5.69 Å². The first-order chi connectivity index (χ1) is 9.45. The van der Waals surface area contributed by atoms with Crippen molar-refractivity contribution in [3.63, 3.8) is 0 Å². The number of benzene rings is 1. The van der Waals surface area contributed by atoms with Crippen LogP contribution in [0.4, 0.5) is 8.78 Å². The second kappa shape index (κ2) is 5.71. The van der Waals surface area contributed by atoms with Gasteiger partial charge in [0.15, 0.2) is 11.6 Å². The molecule has 1 heterocycles. The molecule has 2 aromatic rings. The first kappa shape index (κ1) is 14.7. The average molecular weight is 279 g/mol. The molecular weight excluding hydrogens is 260 g/mol. The van der Waals surface area contributed by atoms with E-state index in [0.29, 0.717) is 12.1 Å². The van der Waals surface area contributed by atoms with Crippen molar-refractivity contribution in [1.82, 2.24) is 15.1 Å². The van der Waals surface area contributed by atoms with Crippen LogP contribution >= 0.6 is 0 Å². The Hall–Kier alpha value is -1.75. The molecule has 0 bridgehead atoms. The number of aryl methyl sites for hydroxylation is 1. The third kappa shape index (κ3) is 2.58. The number of hydrogen-bond donors (Lipinski definition) is 1. The first-order valence-corrected chi connectivity index (χ1v) is 6.67. The van der Waals surface area contributed by atoms with Gasteiger partial charge < -0.3 is 5.32 Å². The van der Waals surface area contributed by atoms with E-state index < -0.39 is 11.6 Å². The summed E-state index contributed by atoms with van der Waals surface area (Å²) in [5.74, 6) is -1.19. The lowest BCUT2D eigenvalue weighted by Crippen LogP contribution is -2.13. The van der Waals surface area contributed by atoms with Crippen LogP contribution < -0.4 is 5.32 Å². The van der Waals surface area contributed by atoms with Gasteiger partial charge in [0, 0.05) is 12.2 Å². The monoisotopic (exact) mass is 279 g/mol. The number of hydrogen-bond acceptors (Lipinski definition) is 2. The Kier molecular flexibility index (Phi) is 4.18. The Balaban J connectivity index is 2.49. The smallest absolute Gasteiger partial charge is 0.152 e. The molecule has 1 N–H and O–H groups in total. The van der Waals surface area contributed by atoms with Crippen molar-refractivity contribution in [1.29, 1.82) is 0 Å². The number of aromatic nitrogens is 2. The van der Waals surface area contributed by atoms with Gasteiger partial charge in [-0.1, -0.05) is 6.92 Å². The van der Waals surface area contributed by atoms with Gasteiger partial charge in [0.1, 0.15) is 5.69 Å². The molecule has 0 saturated carbocycles. The van der Waals surface area contributed by atoms with Gasteiger partial charge in [0.25, 0.3) is 0 Å². The molecule has 1 aromatic carbocycles. The zero-order valence-electron chi connectivity index (χ0n) is 12.2. The van der Waals surface area contributed by atoms with Crippen molar-refractivity contribution in [2.24, 2.45) is 0 Å². The van der Waals surface area contributed by atoms with Crippen LogP contribution in [0.15, 0.2) is 12.1 Å². The van der Waals surface area contributed by atoms with E-state index in [2.05, 4.69) is 10.4 Å². The Labute approximate surface area is 117 Å². The van der Waals surface area contributed by atoms with Crippen LogP contribution in [0, 0.1) is 32.4 Å². The third-order valence-electron chi connectivity index (χ3n) is 3.52. The lowest BCUT2D eigenvalue weighted by Gasteiger charge is -2.10. The van der Waals surface area contributed by atoms with Gasteiger partial charge in [-0.25, -0.2) is 13.5 Å². The maximum Gasteiger partial charge on any atom is 0.152 e. The van der Waals surface area contributed by atoms with E-state index in [1.54, 1.807) is 6.92 Å². The van der Waals surface area contributed by atoms with Crippen molar-refractivity contribution < 1.29 is 8.78 Å². The van der Waals surface area contributed by atoms with Gasteiger partial charge in [-0.2, -0.15) is 5.10 Å². The number of halogens is 2. The summed E-state index contributed by atoms with van der Waals surface area (Å²) in [4.78, 5) is 0. The molecule has 0 saturated heterocycles. The van der Waals surface area contributed by atoms with Crippen molar-refractivity contribution in [2.75, 3.05) is 6.54 Å². The maximum atomic E-state index is 14.2. The molecule has 0 spiro atoms. The molecule has 2 rings (SSSR count). The van der Waals surface area contributed by atoms with Gasteiger partial charge in [-0.3, -0.25) is 0 Å². The largest absolute Gasteiger partial charge is 0.313 e. The molecule has 0 unspecified atom stereocenters. The van der Waals surface area contributed by atoms with E-state index in [1.165, 1.54) is 16.8 Å². The third-order valence-corrected chi connectivity index (χ3v) is 3.52. The van der Waals surface area contributed by atoms with Crippen molar-refractivity contribution in [2.45, 2.75) is 34.2 Å². The van der Waals surface area contributed by atoms with Gasteiger partial charge in [0.2, 0.25) is 0 Å². The molecular formula is C15H19F2N3. The fraction of sp³-hybridized carbons (Fsp3) is 0.400. The number of rotatable bonds is 4. The standard InChI is InChI=1S/C15H19F2N3/c1-5-18-8-12-6-13(16)15(14(17)7-12)20-11(4)9(2)10(3)19-20/h6-7,18H,5,8H2,1-4H3. The molecule has 108 valence electrons. The predicted molar refractivity (Wildman–Crippen MR) is 75.1 cm³/mol. The molecule has 5 heteroatoms. The normalized spacial score (nSPS) is 11.1.